The van der Waals surface area contributed by atoms with Crippen LogP contribution in [0, 0.1) is 12.8 Å². The molecule has 1 N–H and O–H groups in total. The van der Waals surface area contributed by atoms with Gasteiger partial charge in [-0.3, -0.25) is 14.4 Å². The van der Waals surface area contributed by atoms with E-state index in [-0.39, 0.29) is 12.5 Å². The first-order valence-electron chi connectivity index (χ1n) is 7.63. The lowest BCUT2D eigenvalue weighted by Gasteiger charge is -2.13. The quantitative estimate of drug-likeness (QED) is 0.829. The third kappa shape index (κ3) is 5.17. The Morgan fingerprint density at radius 3 is 2.83 bits per heavy atom. The van der Waals surface area contributed by atoms with Crippen molar-refractivity contribution >= 4 is 11.6 Å². The van der Waals surface area contributed by atoms with Gasteiger partial charge >= 0.3 is 0 Å². The molecule has 2 aromatic heterocycles. The van der Waals surface area contributed by atoms with E-state index < -0.39 is 0 Å². The van der Waals surface area contributed by atoms with Crippen LogP contribution in [0.1, 0.15) is 31.3 Å². The number of aromatic nitrogens is 4. The SMILES string of the molecule is Cc1nn(C)cc1NC(=O)CN(C)Cc1noc(CC(C)C)n1. The van der Waals surface area contributed by atoms with Crippen LogP contribution in [-0.2, 0) is 24.8 Å². The fourth-order valence-corrected chi connectivity index (χ4v) is 2.24. The first-order chi connectivity index (χ1) is 10.8. The molecular formula is C15H24N6O2. The van der Waals surface area contributed by atoms with E-state index in [1.807, 2.05) is 25.9 Å². The van der Waals surface area contributed by atoms with Crippen molar-refractivity contribution in [2.75, 3.05) is 18.9 Å². The summed E-state index contributed by atoms with van der Waals surface area (Å²) in [7, 11) is 3.66. The lowest BCUT2D eigenvalue weighted by Crippen LogP contribution is -2.30. The molecule has 0 aliphatic heterocycles. The Balaban J connectivity index is 1.84. The number of carbonyl (C=O) groups is 1. The topological polar surface area (TPSA) is 89.1 Å². The van der Waals surface area contributed by atoms with Crippen LogP contribution in [0.4, 0.5) is 5.69 Å². The fraction of sp³-hybridized carbons (Fsp3) is 0.600. The van der Waals surface area contributed by atoms with Gasteiger partial charge in [0.2, 0.25) is 11.8 Å². The number of rotatable bonds is 7. The maximum Gasteiger partial charge on any atom is 0.238 e. The molecule has 8 nitrogen and oxygen atoms in total. The third-order valence-electron chi connectivity index (χ3n) is 3.21. The average Bonchev–Trinajstić information content (AvgIpc) is 2.95. The molecule has 2 aromatic rings. The normalized spacial score (nSPS) is 11.4. The molecular weight excluding hydrogens is 296 g/mol. The number of anilines is 1. The van der Waals surface area contributed by atoms with Gasteiger partial charge in [0.25, 0.3) is 0 Å². The number of carbonyl (C=O) groups excluding carboxylic acids is 1. The Labute approximate surface area is 135 Å². The summed E-state index contributed by atoms with van der Waals surface area (Å²) < 4.78 is 6.87. The molecule has 0 aliphatic rings. The van der Waals surface area contributed by atoms with Crippen molar-refractivity contribution in [3.8, 4) is 0 Å². The van der Waals surface area contributed by atoms with Crippen LogP contribution in [0.15, 0.2) is 10.7 Å². The van der Waals surface area contributed by atoms with Gasteiger partial charge < -0.3 is 9.84 Å². The molecule has 23 heavy (non-hydrogen) atoms. The molecule has 0 spiro atoms. The number of nitrogens with one attached hydrogen (secondary N) is 1. The van der Waals surface area contributed by atoms with Crippen molar-refractivity contribution in [2.45, 2.75) is 33.7 Å². The lowest BCUT2D eigenvalue weighted by atomic mass is 10.1. The minimum atomic E-state index is -0.102. The molecule has 0 aromatic carbocycles. The summed E-state index contributed by atoms with van der Waals surface area (Å²) in [6.07, 6.45) is 2.54. The minimum absolute atomic E-state index is 0.102. The first-order valence-corrected chi connectivity index (χ1v) is 7.63. The second-order valence-electron chi connectivity index (χ2n) is 6.22. The maximum absolute atomic E-state index is 12.1. The zero-order valence-electron chi connectivity index (χ0n) is 14.3. The predicted octanol–water partition coefficient (Wildman–Crippen LogP) is 1.38. The number of likely N-dealkylation sites (N-methyl/N-ethyl adjacent to an activating group) is 1. The second-order valence-corrected chi connectivity index (χ2v) is 6.22. The Hall–Kier alpha value is -2.22. The standard InChI is InChI=1S/C15H24N6O2/c1-10(2)6-15-17-13(19-23-15)8-20(4)9-14(22)16-12-7-21(5)18-11(12)3/h7,10H,6,8-9H2,1-5H3,(H,16,22). The van der Waals surface area contributed by atoms with Gasteiger partial charge in [-0.25, -0.2) is 0 Å². The summed E-state index contributed by atoms with van der Waals surface area (Å²) in [5.41, 5.74) is 1.52. The van der Waals surface area contributed by atoms with E-state index in [2.05, 4.69) is 34.4 Å². The Morgan fingerprint density at radius 2 is 2.22 bits per heavy atom. The zero-order chi connectivity index (χ0) is 17.0. The van der Waals surface area contributed by atoms with Crippen molar-refractivity contribution in [1.82, 2.24) is 24.8 Å². The van der Waals surface area contributed by atoms with Crippen LogP contribution in [0.2, 0.25) is 0 Å². The van der Waals surface area contributed by atoms with Gasteiger partial charge in [0, 0.05) is 19.7 Å². The van der Waals surface area contributed by atoms with Crippen molar-refractivity contribution in [2.24, 2.45) is 13.0 Å². The largest absolute Gasteiger partial charge is 0.339 e. The maximum atomic E-state index is 12.1. The summed E-state index contributed by atoms with van der Waals surface area (Å²) in [4.78, 5) is 18.2. The Bertz CT molecular complexity index is 661. The lowest BCUT2D eigenvalue weighted by molar-refractivity contribution is -0.117. The summed E-state index contributed by atoms with van der Waals surface area (Å²) in [6.45, 7) is 6.75. The Kier molecular flexibility index (Phi) is 5.49. The predicted molar refractivity (Wildman–Crippen MR) is 85.7 cm³/mol. The Morgan fingerprint density at radius 1 is 1.48 bits per heavy atom. The van der Waals surface area contributed by atoms with Crippen molar-refractivity contribution in [1.29, 1.82) is 0 Å². The van der Waals surface area contributed by atoms with E-state index in [0.717, 1.165) is 17.8 Å². The van der Waals surface area contributed by atoms with Crippen molar-refractivity contribution in [3.05, 3.63) is 23.6 Å². The van der Waals surface area contributed by atoms with Gasteiger partial charge in [-0.1, -0.05) is 19.0 Å². The monoisotopic (exact) mass is 320 g/mol. The van der Waals surface area contributed by atoms with E-state index in [9.17, 15) is 4.79 Å². The van der Waals surface area contributed by atoms with Crippen LogP contribution in [0.5, 0.6) is 0 Å². The van der Waals surface area contributed by atoms with E-state index in [1.165, 1.54) is 0 Å². The molecule has 0 saturated carbocycles. The summed E-state index contributed by atoms with van der Waals surface area (Å²) in [6, 6.07) is 0. The summed E-state index contributed by atoms with van der Waals surface area (Å²) in [5.74, 6) is 1.59. The van der Waals surface area contributed by atoms with Crippen LogP contribution >= 0.6 is 0 Å². The number of aryl methyl sites for hydroxylation is 2. The van der Waals surface area contributed by atoms with E-state index in [0.29, 0.717) is 24.2 Å². The van der Waals surface area contributed by atoms with Crippen molar-refractivity contribution in [3.63, 3.8) is 0 Å². The second kappa shape index (κ2) is 7.36. The van der Waals surface area contributed by atoms with Crippen LogP contribution in [0.25, 0.3) is 0 Å². The number of nitrogens with zero attached hydrogens (tertiary/aromatic N) is 5. The number of hydrogen-bond acceptors (Lipinski definition) is 6. The van der Waals surface area contributed by atoms with Crippen molar-refractivity contribution < 1.29 is 9.32 Å². The highest BCUT2D eigenvalue weighted by atomic mass is 16.5. The van der Waals surface area contributed by atoms with Gasteiger partial charge in [-0.15, -0.1) is 0 Å². The third-order valence-corrected chi connectivity index (χ3v) is 3.21. The first kappa shape index (κ1) is 17.1. The van der Waals surface area contributed by atoms with Gasteiger partial charge in [0.1, 0.15) is 0 Å². The van der Waals surface area contributed by atoms with Gasteiger partial charge in [0.15, 0.2) is 5.82 Å². The molecule has 0 saturated heterocycles. The fourth-order valence-electron chi connectivity index (χ4n) is 2.24. The molecule has 0 fully saturated rings. The smallest absolute Gasteiger partial charge is 0.238 e. The van der Waals surface area contributed by atoms with Gasteiger partial charge in [0.05, 0.1) is 24.5 Å². The number of hydrogen-bond donors (Lipinski definition) is 1. The molecule has 8 heteroatoms. The summed E-state index contributed by atoms with van der Waals surface area (Å²) >= 11 is 0. The molecule has 1 amide bonds. The molecule has 2 heterocycles. The average molecular weight is 320 g/mol. The summed E-state index contributed by atoms with van der Waals surface area (Å²) in [5, 5.41) is 11.0. The van der Waals surface area contributed by atoms with Gasteiger partial charge in [-0.2, -0.15) is 10.1 Å². The minimum Gasteiger partial charge on any atom is -0.339 e. The molecule has 0 radical (unpaired) electrons. The number of amides is 1. The van der Waals surface area contributed by atoms with E-state index in [1.54, 1.807) is 10.9 Å². The van der Waals surface area contributed by atoms with Crippen LogP contribution in [0.3, 0.4) is 0 Å². The van der Waals surface area contributed by atoms with Crippen LogP contribution in [-0.4, -0.2) is 44.3 Å². The molecule has 0 unspecified atom stereocenters. The molecule has 0 atom stereocenters. The van der Waals surface area contributed by atoms with Crippen LogP contribution < -0.4 is 5.32 Å². The van der Waals surface area contributed by atoms with E-state index >= 15 is 0 Å². The zero-order valence-corrected chi connectivity index (χ0v) is 14.3. The molecule has 2 rings (SSSR count). The van der Waals surface area contributed by atoms with E-state index in [4.69, 9.17) is 4.52 Å². The highest BCUT2D eigenvalue weighted by molar-refractivity contribution is 5.92. The molecule has 0 aliphatic carbocycles. The molecule has 0 bridgehead atoms. The molecule has 126 valence electrons. The van der Waals surface area contributed by atoms with Gasteiger partial charge in [-0.05, 0) is 19.9 Å². The highest BCUT2D eigenvalue weighted by Gasteiger charge is 2.14. The highest BCUT2D eigenvalue weighted by Crippen LogP contribution is 2.11.